The zero-order valence-electron chi connectivity index (χ0n) is 6.73. The summed E-state index contributed by atoms with van der Waals surface area (Å²) in [5, 5.41) is 0. The fourth-order valence-electron chi connectivity index (χ4n) is 0. The van der Waals surface area contributed by atoms with Gasteiger partial charge in [0, 0.05) is 0 Å². The Morgan fingerprint density at radius 3 is 0.750 bits per heavy atom. The molecule has 0 radical (unpaired) electrons. The molecule has 48 valence electrons. The van der Waals surface area contributed by atoms with Crippen molar-refractivity contribution in [2.24, 2.45) is 0 Å². The topological polar surface area (TPSA) is 0 Å². The maximum atomic E-state index is 2.00. The summed E-state index contributed by atoms with van der Waals surface area (Å²) in [5.41, 5.74) is 0. The van der Waals surface area contributed by atoms with Gasteiger partial charge >= 0.3 is 32.7 Å². The van der Waals surface area contributed by atoms with Crippen molar-refractivity contribution in [2.75, 3.05) is 0 Å². The van der Waals surface area contributed by atoms with Gasteiger partial charge in [0.25, 0.3) is 0 Å². The largest absolute Gasteiger partial charge is 3.00 e. The summed E-state index contributed by atoms with van der Waals surface area (Å²) >= 11 is 0. The molecule has 0 rings (SSSR count). The molecule has 0 aliphatic carbocycles. The smallest absolute Gasteiger partial charge is 0.358 e. The van der Waals surface area contributed by atoms with E-state index in [1.807, 2.05) is 40.5 Å². The van der Waals surface area contributed by atoms with Crippen LogP contribution in [-0.2, 0) is 32.7 Å². The van der Waals surface area contributed by atoms with E-state index in [9.17, 15) is 0 Å². The first-order valence-corrected chi connectivity index (χ1v) is 2.31. The minimum atomic E-state index is 0. The van der Waals surface area contributed by atoms with Crippen molar-refractivity contribution in [2.45, 2.75) is 27.7 Å². The molecule has 0 spiro atoms. The molecule has 0 bridgehead atoms. The standard InChI is InChI=1S/2C3H7.CH3.Y/c2*1-3-2;;/h2*3H,1-2H3;1H3;/q3*-1;+3. The maximum Gasteiger partial charge on any atom is 3.00 e. The van der Waals surface area contributed by atoms with Crippen molar-refractivity contribution in [1.82, 2.24) is 0 Å². The predicted octanol–water partition coefficient (Wildman–Crippen LogP) is 2.91. The molecule has 0 saturated heterocycles. The monoisotopic (exact) mass is 190 g/mol. The second kappa shape index (κ2) is 42.4. The van der Waals surface area contributed by atoms with E-state index in [1.54, 1.807) is 0 Å². The van der Waals surface area contributed by atoms with Gasteiger partial charge in [0.2, 0.25) is 0 Å². The molecule has 0 fully saturated rings. The molecule has 0 N–H and O–H groups in total. The van der Waals surface area contributed by atoms with Gasteiger partial charge in [-0.15, -0.1) is 0 Å². The Morgan fingerprint density at radius 2 is 0.750 bits per heavy atom. The minimum Gasteiger partial charge on any atom is -0.358 e. The van der Waals surface area contributed by atoms with Crippen LogP contribution in [0.4, 0.5) is 0 Å². The molecule has 0 nitrogen and oxygen atoms in total. The van der Waals surface area contributed by atoms with Crippen LogP contribution >= 0.6 is 0 Å². The Balaban J connectivity index is -0.0000000160. The maximum absolute atomic E-state index is 2.00. The van der Waals surface area contributed by atoms with Crippen LogP contribution < -0.4 is 0 Å². The molecule has 1 heteroatoms. The normalized spacial score (nSPS) is 4.50. The predicted molar refractivity (Wildman–Crippen MR) is 37.7 cm³/mol. The Hall–Kier alpha value is 1.10. The van der Waals surface area contributed by atoms with Gasteiger partial charge in [0.05, 0.1) is 0 Å². The zero-order valence-corrected chi connectivity index (χ0v) is 9.57. The van der Waals surface area contributed by atoms with Gasteiger partial charge < -0.3 is 20.3 Å². The molecule has 0 heterocycles. The van der Waals surface area contributed by atoms with Crippen molar-refractivity contribution < 1.29 is 32.7 Å². The average Bonchev–Trinajstić information content (AvgIpc) is 1.39. The third-order valence-corrected chi connectivity index (χ3v) is 0. The van der Waals surface area contributed by atoms with Gasteiger partial charge in [-0.05, 0) is 0 Å². The van der Waals surface area contributed by atoms with E-state index in [0.29, 0.717) is 0 Å². The van der Waals surface area contributed by atoms with E-state index in [-0.39, 0.29) is 40.1 Å². The summed E-state index contributed by atoms with van der Waals surface area (Å²) < 4.78 is 0. The molecule has 8 heavy (non-hydrogen) atoms. The van der Waals surface area contributed by atoms with Gasteiger partial charge in [0.1, 0.15) is 0 Å². The number of hydrogen-bond acceptors (Lipinski definition) is 0. The van der Waals surface area contributed by atoms with E-state index >= 15 is 0 Å². The van der Waals surface area contributed by atoms with Crippen molar-refractivity contribution in [3.05, 3.63) is 20.3 Å². The molecular formula is C7H17Y. The SMILES string of the molecule is C[CH-]C.C[CH-]C.[CH3-].[Y+3]. The molecule has 0 unspecified atom stereocenters. The van der Waals surface area contributed by atoms with Crippen LogP contribution in [0.1, 0.15) is 27.7 Å². The Labute approximate surface area is 80.3 Å². The molecule has 0 amide bonds. The van der Waals surface area contributed by atoms with Gasteiger partial charge in [-0.25, -0.2) is 0 Å². The Kier molecular flexibility index (Phi) is 122. The average molecular weight is 190 g/mol. The van der Waals surface area contributed by atoms with Crippen LogP contribution in [0.25, 0.3) is 0 Å². The summed E-state index contributed by atoms with van der Waals surface area (Å²) in [5.74, 6) is 0. The van der Waals surface area contributed by atoms with Crippen molar-refractivity contribution in [1.29, 1.82) is 0 Å². The first-order valence-electron chi connectivity index (χ1n) is 2.31. The summed E-state index contributed by atoms with van der Waals surface area (Å²) in [4.78, 5) is 0. The molecule has 0 aromatic carbocycles. The van der Waals surface area contributed by atoms with Crippen LogP contribution in [0, 0.1) is 20.3 Å². The van der Waals surface area contributed by atoms with E-state index < -0.39 is 0 Å². The molecule has 0 saturated carbocycles. The molecular weight excluding hydrogens is 173 g/mol. The molecule has 0 aromatic heterocycles. The van der Waals surface area contributed by atoms with Gasteiger partial charge in [-0.1, -0.05) is 0 Å². The molecule has 0 atom stereocenters. The van der Waals surface area contributed by atoms with Crippen molar-refractivity contribution >= 4 is 0 Å². The van der Waals surface area contributed by atoms with Gasteiger partial charge in [-0.2, -0.15) is 27.7 Å². The fraction of sp³-hybridized carbons (Fsp3) is 0.571. The summed E-state index contributed by atoms with van der Waals surface area (Å²) in [7, 11) is 0. The zero-order chi connectivity index (χ0) is 5.41. The van der Waals surface area contributed by atoms with Crippen molar-refractivity contribution in [3.8, 4) is 0 Å². The van der Waals surface area contributed by atoms with Crippen LogP contribution in [0.3, 0.4) is 0 Å². The first-order chi connectivity index (χ1) is 2.83. The molecule has 0 aliphatic heterocycles. The fourth-order valence-corrected chi connectivity index (χ4v) is 0. The van der Waals surface area contributed by atoms with E-state index in [0.717, 1.165) is 0 Å². The number of rotatable bonds is 0. The van der Waals surface area contributed by atoms with Gasteiger partial charge in [0.15, 0.2) is 0 Å². The third-order valence-electron chi connectivity index (χ3n) is 0. The second-order valence-corrected chi connectivity index (χ2v) is 1.15. The Bertz CT molecular complexity index is 6.35. The van der Waals surface area contributed by atoms with Crippen molar-refractivity contribution in [3.63, 3.8) is 0 Å². The Morgan fingerprint density at radius 1 is 0.750 bits per heavy atom. The van der Waals surface area contributed by atoms with Crippen LogP contribution in [0.15, 0.2) is 0 Å². The van der Waals surface area contributed by atoms with E-state index in [4.69, 9.17) is 0 Å². The van der Waals surface area contributed by atoms with E-state index in [1.165, 1.54) is 0 Å². The molecule has 0 aromatic rings. The summed E-state index contributed by atoms with van der Waals surface area (Å²) in [6, 6.07) is 0. The molecule has 0 aliphatic rings. The third kappa shape index (κ3) is 217. The van der Waals surface area contributed by atoms with E-state index in [2.05, 4.69) is 0 Å². The van der Waals surface area contributed by atoms with Crippen LogP contribution in [0.2, 0.25) is 0 Å². The quantitative estimate of drug-likeness (QED) is 0.515. The van der Waals surface area contributed by atoms with Crippen LogP contribution in [0.5, 0.6) is 0 Å². The second-order valence-electron chi connectivity index (χ2n) is 1.15. The summed E-state index contributed by atoms with van der Waals surface area (Å²) in [6.45, 7) is 8.00. The first kappa shape index (κ1) is 23.0. The van der Waals surface area contributed by atoms with Crippen LogP contribution in [-0.4, -0.2) is 0 Å². The minimum absolute atomic E-state index is 0. The number of hydrogen-bond donors (Lipinski definition) is 0. The summed E-state index contributed by atoms with van der Waals surface area (Å²) in [6.07, 6.45) is 4.00. The van der Waals surface area contributed by atoms with Gasteiger partial charge in [-0.3, -0.25) is 0 Å².